The Hall–Kier alpha value is -4.45. The third-order valence-electron chi connectivity index (χ3n) is 7.73. The van der Waals surface area contributed by atoms with Crippen molar-refractivity contribution in [3.05, 3.63) is 59.7 Å². The van der Waals surface area contributed by atoms with Gasteiger partial charge in [0.1, 0.15) is 12.1 Å². The minimum absolute atomic E-state index is 0.0692. The first-order chi connectivity index (χ1) is 21.5. The van der Waals surface area contributed by atoms with Crippen LogP contribution in [0.1, 0.15) is 50.7 Å². The van der Waals surface area contributed by atoms with E-state index in [1.54, 1.807) is 31.3 Å². The number of ether oxygens (including phenoxy) is 1. The second-order valence-electron chi connectivity index (χ2n) is 11.7. The minimum Gasteiger partial charge on any atom is -0.467 e. The van der Waals surface area contributed by atoms with Crippen LogP contribution in [0.5, 0.6) is 0 Å². The highest BCUT2D eigenvalue weighted by Crippen LogP contribution is 2.17. The Bertz CT molecular complexity index is 1330. The molecule has 1 aliphatic heterocycles. The van der Waals surface area contributed by atoms with Crippen LogP contribution in [0.15, 0.2) is 48.5 Å². The van der Waals surface area contributed by atoms with Gasteiger partial charge >= 0.3 is 12.0 Å². The summed E-state index contributed by atoms with van der Waals surface area (Å²) in [5.74, 6) is -1.31. The Labute approximate surface area is 265 Å². The van der Waals surface area contributed by atoms with E-state index in [2.05, 4.69) is 26.6 Å². The molecule has 0 radical (unpaired) electrons. The molecule has 0 saturated carbocycles. The van der Waals surface area contributed by atoms with Gasteiger partial charge in [-0.2, -0.15) is 0 Å². The number of esters is 1. The maximum absolute atomic E-state index is 13.3. The summed E-state index contributed by atoms with van der Waals surface area (Å²) in [5, 5.41) is 14.2. The van der Waals surface area contributed by atoms with Crippen molar-refractivity contribution in [3.8, 4) is 0 Å². The summed E-state index contributed by atoms with van der Waals surface area (Å²) in [6.45, 7) is 6.71. The molecule has 45 heavy (non-hydrogen) atoms. The summed E-state index contributed by atoms with van der Waals surface area (Å²) in [7, 11) is 2.85. The maximum atomic E-state index is 13.3. The van der Waals surface area contributed by atoms with Crippen molar-refractivity contribution in [2.24, 2.45) is 5.92 Å². The zero-order valence-corrected chi connectivity index (χ0v) is 26.8. The number of nitrogens with zero attached hydrogens (tertiary/aromatic N) is 1. The fourth-order valence-corrected chi connectivity index (χ4v) is 5.09. The van der Waals surface area contributed by atoms with Crippen molar-refractivity contribution >= 4 is 41.1 Å². The summed E-state index contributed by atoms with van der Waals surface area (Å²) in [5.41, 5.74) is 2.96. The van der Waals surface area contributed by atoms with Crippen LogP contribution >= 0.6 is 0 Å². The lowest BCUT2D eigenvalue weighted by molar-refractivity contribution is -0.145. The van der Waals surface area contributed by atoms with E-state index in [9.17, 15) is 24.0 Å². The van der Waals surface area contributed by atoms with E-state index in [4.69, 9.17) is 4.74 Å². The van der Waals surface area contributed by atoms with Crippen molar-refractivity contribution < 1.29 is 28.7 Å². The van der Waals surface area contributed by atoms with E-state index in [0.717, 1.165) is 24.1 Å². The van der Waals surface area contributed by atoms with Gasteiger partial charge in [-0.05, 0) is 74.4 Å². The lowest BCUT2D eigenvalue weighted by Crippen LogP contribution is -2.51. The number of benzene rings is 2. The van der Waals surface area contributed by atoms with Gasteiger partial charge in [0.15, 0.2) is 0 Å². The van der Waals surface area contributed by atoms with Crippen molar-refractivity contribution in [3.63, 3.8) is 0 Å². The number of carbonyl (C=O) groups is 5. The molecular weight excluding hydrogens is 576 g/mol. The van der Waals surface area contributed by atoms with E-state index >= 15 is 0 Å². The summed E-state index contributed by atoms with van der Waals surface area (Å²) >= 11 is 0. The largest absolute Gasteiger partial charge is 0.467 e. The smallest absolute Gasteiger partial charge is 0.328 e. The molecule has 3 unspecified atom stereocenters. The lowest BCUT2D eigenvalue weighted by atomic mass is 10.0. The van der Waals surface area contributed by atoms with Crippen molar-refractivity contribution in [1.82, 2.24) is 20.9 Å². The van der Waals surface area contributed by atoms with Gasteiger partial charge in [-0.3, -0.25) is 14.4 Å². The van der Waals surface area contributed by atoms with Gasteiger partial charge in [-0.1, -0.05) is 44.2 Å². The number of likely N-dealkylation sites (N-methyl/N-ethyl adjacent to an activating group) is 1. The molecule has 0 bridgehead atoms. The number of hydrogen-bond acceptors (Lipinski definition) is 7. The zero-order valence-electron chi connectivity index (χ0n) is 26.8. The highest BCUT2D eigenvalue weighted by Gasteiger charge is 2.30. The lowest BCUT2D eigenvalue weighted by Gasteiger charge is -2.29. The zero-order chi connectivity index (χ0) is 32.9. The van der Waals surface area contributed by atoms with E-state index in [0.29, 0.717) is 24.2 Å². The Morgan fingerprint density at radius 3 is 2.36 bits per heavy atom. The maximum Gasteiger partial charge on any atom is 0.328 e. The molecule has 2 aromatic carbocycles. The van der Waals surface area contributed by atoms with Crippen LogP contribution in [0.4, 0.5) is 16.2 Å². The average molecular weight is 623 g/mol. The molecule has 244 valence electrons. The SMILES string of the molecule is COC(=O)C(CCNC(=O)C(CC(C)C)N(C)C(=O)Cc1ccc(NC(=O)Nc2ccccc2C)cc1)NC(=O)C1CCCN1. The number of nitrogens with one attached hydrogen (secondary N) is 5. The first-order valence-electron chi connectivity index (χ1n) is 15.4. The van der Waals surface area contributed by atoms with Gasteiger partial charge in [0, 0.05) is 25.0 Å². The van der Waals surface area contributed by atoms with Crippen LogP contribution < -0.4 is 26.6 Å². The number of rotatable bonds is 14. The van der Waals surface area contributed by atoms with Gasteiger partial charge in [-0.25, -0.2) is 9.59 Å². The summed E-state index contributed by atoms with van der Waals surface area (Å²) < 4.78 is 4.85. The third kappa shape index (κ3) is 10.9. The van der Waals surface area contributed by atoms with Crippen LogP contribution in [-0.4, -0.2) is 80.0 Å². The monoisotopic (exact) mass is 622 g/mol. The third-order valence-corrected chi connectivity index (χ3v) is 7.73. The number of methoxy groups -OCH3 is 1. The molecule has 0 aromatic heterocycles. The van der Waals surface area contributed by atoms with Crippen molar-refractivity contribution in [2.75, 3.05) is 37.9 Å². The highest BCUT2D eigenvalue weighted by atomic mass is 16.5. The van der Waals surface area contributed by atoms with Crippen LogP contribution in [-0.2, 0) is 30.3 Å². The number of hydrogen-bond donors (Lipinski definition) is 5. The first-order valence-corrected chi connectivity index (χ1v) is 15.4. The van der Waals surface area contributed by atoms with Crippen molar-refractivity contribution in [2.45, 2.75) is 71.0 Å². The van der Waals surface area contributed by atoms with E-state index in [1.807, 2.05) is 45.0 Å². The fourth-order valence-electron chi connectivity index (χ4n) is 5.09. The number of amides is 5. The molecule has 0 aliphatic carbocycles. The normalized spacial score (nSPS) is 15.5. The van der Waals surface area contributed by atoms with Crippen LogP contribution in [0.25, 0.3) is 0 Å². The quantitative estimate of drug-likeness (QED) is 0.203. The Kier molecular flexibility index (Phi) is 13.3. The van der Waals surface area contributed by atoms with Gasteiger partial charge in [0.2, 0.25) is 17.7 Å². The first kappa shape index (κ1) is 35.0. The second-order valence-corrected chi connectivity index (χ2v) is 11.7. The summed E-state index contributed by atoms with van der Waals surface area (Å²) in [6, 6.07) is 12.1. The standard InChI is InChI=1S/C33H46N6O6/c1-21(2)19-28(31(42)35-18-16-27(32(43)45-5)37-30(41)26-11-8-17-34-26)39(4)29(40)20-23-12-14-24(15-13-23)36-33(44)38-25-10-7-6-9-22(25)3/h6-7,9-10,12-15,21,26-28,34H,8,11,16-20H2,1-5H3,(H,35,42)(H,37,41)(H2,36,38,44). The molecule has 1 saturated heterocycles. The molecule has 1 fully saturated rings. The minimum atomic E-state index is -0.904. The molecule has 12 nitrogen and oxygen atoms in total. The van der Waals surface area contributed by atoms with Crippen molar-refractivity contribution in [1.29, 1.82) is 0 Å². The Morgan fingerprint density at radius 2 is 1.73 bits per heavy atom. The van der Waals surface area contributed by atoms with Crippen LogP contribution in [0, 0.1) is 12.8 Å². The Balaban J connectivity index is 1.54. The predicted molar refractivity (Wildman–Crippen MR) is 173 cm³/mol. The van der Waals surface area contributed by atoms with Gasteiger partial charge in [0.05, 0.1) is 19.6 Å². The highest BCUT2D eigenvalue weighted by molar-refractivity contribution is 6.00. The predicted octanol–water partition coefficient (Wildman–Crippen LogP) is 2.97. The molecule has 1 heterocycles. The molecule has 5 N–H and O–H groups in total. The molecule has 3 atom stereocenters. The molecule has 12 heteroatoms. The number of carbonyl (C=O) groups excluding carboxylic acids is 5. The molecule has 1 aliphatic rings. The second kappa shape index (κ2) is 17.1. The molecule has 0 spiro atoms. The molecular formula is C33H46N6O6. The van der Waals surface area contributed by atoms with Crippen LogP contribution in [0.3, 0.4) is 0 Å². The molecule has 3 rings (SSSR count). The Morgan fingerprint density at radius 1 is 1.02 bits per heavy atom. The fraction of sp³-hybridized carbons (Fsp3) is 0.485. The van der Waals surface area contributed by atoms with Crippen LogP contribution in [0.2, 0.25) is 0 Å². The van der Waals surface area contributed by atoms with Gasteiger partial charge in [0.25, 0.3) is 0 Å². The molecule has 5 amide bonds. The molecule has 2 aromatic rings. The van der Waals surface area contributed by atoms with Gasteiger partial charge < -0.3 is 36.2 Å². The number of para-hydroxylation sites is 1. The average Bonchev–Trinajstić information content (AvgIpc) is 3.56. The van der Waals surface area contributed by atoms with E-state index in [-0.39, 0.29) is 55.1 Å². The van der Waals surface area contributed by atoms with E-state index in [1.165, 1.54) is 12.0 Å². The summed E-state index contributed by atoms with van der Waals surface area (Å²) in [4.78, 5) is 65.2. The van der Waals surface area contributed by atoms with E-state index < -0.39 is 18.1 Å². The summed E-state index contributed by atoms with van der Waals surface area (Å²) in [6.07, 6.45) is 2.24. The topological polar surface area (TPSA) is 158 Å². The number of anilines is 2. The van der Waals surface area contributed by atoms with Gasteiger partial charge in [-0.15, -0.1) is 0 Å². The number of urea groups is 1. The number of aryl methyl sites for hydroxylation is 1.